The van der Waals surface area contributed by atoms with Gasteiger partial charge in [0, 0.05) is 27.7 Å². The summed E-state index contributed by atoms with van der Waals surface area (Å²) in [6.07, 6.45) is 3.71. The largest absolute Gasteiger partial charge is 0.397 e. The van der Waals surface area contributed by atoms with Gasteiger partial charge in [-0.3, -0.25) is 10.1 Å². The van der Waals surface area contributed by atoms with Crippen LogP contribution in [0.25, 0.3) is 10.9 Å². The fourth-order valence-electron chi connectivity index (χ4n) is 3.00. The van der Waals surface area contributed by atoms with E-state index in [-0.39, 0.29) is 5.92 Å². The lowest BCUT2D eigenvalue weighted by atomic mass is 9.97. The fraction of sp³-hybridized carbons (Fsp3) is 0.158. The normalized spacial score (nSPS) is 13.9. The lowest BCUT2D eigenvalue weighted by Crippen LogP contribution is -2.08. The first-order chi connectivity index (χ1) is 12.1. The Balaban J connectivity index is 2.06. The molecule has 1 aromatic heterocycles. The number of H-pyrrole nitrogens is 1. The molecule has 126 valence electrons. The van der Waals surface area contributed by atoms with Gasteiger partial charge in [0.15, 0.2) is 0 Å². The molecule has 0 atom stereocenters. The number of nitrogens with zero attached hydrogens (tertiary/aromatic N) is 2. The second kappa shape index (κ2) is 5.93. The van der Waals surface area contributed by atoms with Crippen molar-refractivity contribution in [1.29, 1.82) is 0 Å². The zero-order valence-corrected chi connectivity index (χ0v) is 14.7. The van der Waals surface area contributed by atoms with E-state index in [0.29, 0.717) is 10.7 Å². The number of benzene rings is 2. The first kappa shape index (κ1) is 15.7. The Bertz CT molecular complexity index is 1030. The Hall–Kier alpha value is -2.79. The smallest absolute Gasteiger partial charge is 0.0900 e. The number of aliphatic imine (C=N–C) groups is 1. The van der Waals surface area contributed by atoms with E-state index in [1.165, 1.54) is 0 Å². The maximum Gasteiger partial charge on any atom is 0.0900 e. The Kier molecular flexibility index (Phi) is 3.73. The van der Waals surface area contributed by atoms with Gasteiger partial charge in [0.1, 0.15) is 0 Å². The molecule has 0 fully saturated rings. The topological polar surface area (TPSA) is 79.1 Å². The van der Waals surface area contributed by atoms with Gasteiger partial charge in [0.05, 0.1) is 34.5 Å². The highest BCUT2D eigenvalue weighted by molar-refractivity contribution is 6.36. The summed E-state index contributed by atoms with van der Waals surface area (Å²) < 4.78 is 0. The average Bonchev–Trinajstić information content (AvgIpc) is 3.00. The average molecular weight is 352 g/mol. The van der Waals surface area contributed by atoms with Crippen LogP contribution in [-0.2, 0) is 0 Å². The summed E-state index contributed by atoms with van der Waals surface area (Å²) in [7, 11) is 0. The number of halogens is 1. The fourth-order valence-corrected chi connectivity index (χ4v) is 3.23. The van der Waals surface area contributed by atoms with Crippen LogP contribution >= 0.6 is 11.6 Å². The summed E-state index contributed by atoms with van der Waals surface area (Å²) in [5, 5.41) is 12.1. The number of aromatic nitrogens is 2. The second-order valence-corrected chi connectivity index (χ2v) is 6.76. The Morgan fingerprint density at radius 1 is 1.16 bits per heavy atom. The molecule has 4 rings (SSSR count). The highest BCUT2D eigenvalue weighted by atomic mass is 35.5. The van der Waals surface area contributed by atoms with E-state index in [2.05, 4.69) is 29.4 Å². The number of allylic oxidation sites excluding steroid dienone is 1. The van der Waals surface area contributed by atoms with Crippen LogP contribution in [0, 0.1) is 5.92 Å². The van der Waals surface area contributed by atoms with Crippen molar-refractivity contribution in [3.8, 4) is 0 Å². The van der Waals surface area contributed by atoms with Crippen molar-refractivity contribution in [2.24, 2.45) is 10.9 Å². The molecule has 0 saturated heterocycles. The third-order valence-electron chi connectivity index (χ3n) is 4.35. The summed E-state index contributed by atoms with van der Waals surface area (Å²) in [6, 6.07) is 9.64. The predicted octanol–water partition coefficient (Wildman–Crippen LogP) is 4.56. The summed E-state index contributed by atoms with van der Waals surface area (Å²) in [6.45, 7) is 4.22. The summed E-state index contributed by atoms with van der Waals surface area (Å²) >= 11 is 6.47. The number of rotatable bonds is 2. The number of nitrogen functional groups attached to an aromatic ring is 1. The number of hydrogen-bond acceptors (Lipinski definition) is 4. The van der Waals surface area contributed by atoms with Crippen molar-refractivity contribution in [3.05, 3.63) is 64.6 Å². The number of hydrogen-bond donors (Lipinski definition) is 3. The van der Waals surface area contributed by atoms with E-state index in [9.17, 15) is 0 Å². The maximum atomic E-state index is 6.47. The van der Waals surface area contributed by atoms with Crippen LogP contribution in [-0.4, -0.2) is 15.9 Å². The second-order valence-electron chi connectivity index (χ2n) is 6.36. The van der Waals surface area contributed by atoms with Gasteiger partial charge in [-0.2, -0.15) is 5.10 Å². The van der Waals surface area contributed by atoms with Crippen molar-refractivity contribution < 1.29 is 0 Å². The molecule has 0 radical (unpaired) electrons. The number of aromatic amines is 1. The van der Waals surface area contributed by atoms with Crippen LogP contribution in [0.2, 0.25) is 5.02 Å². The van der Waals surface area contributed by atoms with Gasteiger partial charge in [-0.25, -0.2) is 0 Å². The first-order valence-electron chi connectivity index (χ1n) is 8.12. The van der Waals surface area contributed by atoms with E-state index in [4.69, 9.17) is 22.3 Å². The summed E-state index contributed by atoms with van der Waals surface area (Å²) in [5.41, 5.74) is 12.1. The minimum absolute atomic E-state index is 0.261. The molecule has 4 N–H and O–H groups in total. The van der Waals surface area contributed by atoms with E-state index in [1.54, 1.807) is 6.20 Å². The lowest BCUT2D eigenvalue weighted by Gasteiger charge is -2.14. The van der Waals surface area contributed by atoms with Crippen molar-refractivity contribution in [3.63, 3.8) is 0 Å². The van der Waals surface area contributed by atoms with Crippen LogP contribution in [0.1, 0.15) is 25.0 Å². The molecular weight excluding hydrogens is 334 g/mol. The van der Waals surface area contributed by atoms with E-state index in [0.717, 1.165) is 39.1 Å². The maximum absolute atomic E-state index is 6.47. The molecule has 1 aliphatic rings. The number of anilines is 2. The minimum atomic E-state index is 0.261. The lowest BCUT2D eigenvalue weighted by molar-refractivity contribution is 0.757. The third-order valence-corrected chi connectivity index (χ3v) is 4.68. The summed E-state index contributed by atoms with van der Waals surface area (Å²) in [5.74, 6) is 0.261. The van der Waals surface area contributed by atoms with Gasteiger partial charge < -0.3 is 11.1 Å². The molecule has 0 amide bonds. The zero-order chi connectivity index (χ0) is 17.6. The molecule has 1 aliphatic heterocycles. The highest BCUT2D eigenvalue weighted by Gasteiger charge is 2.22. The zero-order valence-electron chi connectivity index (χ0n) is 14.0. The van der Waals surface area contributed by atoms with Crippen LogP contribution < -0.4 is 11.1 Å². The van der Waals surface area contributed by atoms with Gasteiger partial charge in [-0.15, -0.1) is 0 Å². The predicted molar refractivity (Wildman–Crippen MR) is 104 cm³/mol. The Labute approximate surface area is 150 Å². The molecule has 25 heavy (non-hydrogen) atoms. The summed E-state index contributed by atoms with van der Waals surface area (Å²) in [4.78, 5) is 4.92. The molecule has 3 aromatic rings. The molecule has 6 heteroatoms. The van der Waals surface area contributed by atoms with E-state index < -0.39 is 0 Å². The van der Waals surface area contributed by atoms with Crippen LogP contribution in [0.3, 0.4) is 0 Å². The molecule has 0 aliphatic carbocycles. The number of fused-ring (bicyclic) bond motifs is 3. The van der Waals surface area contributed by atoms with Crippen molar-refractivity contribution in [2.75, 3.05) is 11.1 Å². The monoisotopic (exact) mass is 351 g/mol. The third kappa shape index (κ3) is 2.57. The molecular formula is C19H18ClN5. The van der Waals surface area contributed by atoms with E-state index >= 15 is 0 Å². The van der Waals surface area contributed by atoms with Crippen molar-refractivity contribution >= 4 is 39.6 Å². The molecule has 0 unspecified atom stereocenters. The number of nitrogens with two attached hydrogens (primary N) is 1. The van der Waals surface area contributed by atoms with Gasteiger partial charge in [0.25, 0.3) is 0 Å². The Morgan fingerprint density at radius 3 is 2.72 bits per heavy atom. The van der Waals surface area contributed by atoms with Crippen molar-refractivity contribution in [2.45, 2.75) is 13.8 Å². The molecule has 2 aromatic carbocycles. The van der Waals surface area contributed by atoms with Crippen LogP contribution in [0.4, 0.5) is 11.4 Å². The number of nitrogens with one attached hydrogen (secondary N) is 2. The Morgan fingerprint density at radius 2 is 1.96 bits per heavy atom. The van der Waals surface area contributed by atoms with Crippen molar-refractivity contribution in [1.82, 2.24) is 10.2 Å². The highest BCUT2D eigenvalue weighted by Crippen LogP contribution is 2.36. The van der Waals surface area contributed by atoms with Gasteiger partial charge in [-0.05, 0) is 18.1 Å². The molecule has 5 nitrogen and oxygen atoms in total. The first-order valence-corrected chi connectivity index (χ1v) is 8.50. The van der Waals surface area contributed by atoms with Gasteiger partial charge in [0.2, 0.25) is 0 Å². The van der Waals surface area contributed by atoms with Gasteiger partial charge >= 0.3 is 0 Å². The van der Waals surface area contributed by atoms with Crippen LogP contribution in [0.5, 0.6) is 0 Å². The SMILES string of the molecule is CC(C)C1=CNc2c(cc(N)c3[nH]ncc23)C(c2ccccc2Cl)=N1. The van der Waals surface area contributed by atoms with Gasteiger partial charge in [-0.1, -0.05) is 43.6 Å². The molecule has 0 spiro atoms. The molecule has 0 saturated carbocycles. The van der Waals surface area contributed by atoms with E-state index in [1.807, 2.05) is 36.5 Å². The molecule has 0 bridgehead atoms. The minimum Gasteiger partial charge on any atom is -0.397 e. The standard InChI is InChI=1S/C19H18ClN5/c1-10(2)16-9-22-17-12(7-15(21)19-13(17)8-23-25-19)18(24-16)11-5-3-4-6-14(11)20/h3-10,22H,21H2,1-2H3,(H,23,25). The van der Waals surface area contributed by atoms with Crippen LogP contribution in [0.15, 0.2) is 53.4 Å². The quantitative estimate of drug-likeness (QED) is 0.592. The molecule has 2 heterocycles.